The molecule has 1 fully saturated rings. The molecule has 1 aliphatic heterocycles. The van der Waals surface area contributed by atoms with Crippen LogP contribution in [0.5, 0.6) is 0 Å². The summed E-state index contributed by atoms with van der Waals surface area (Å²) in [5.41, 5.74) is -23.3. The normalized spacial score (nSPS) is 22.8. The van der Waals surface area contributed by atoms with Crippen molar-refractivity contribution < 1.29 is 79.4 Å². The third-order valence-electron chi connectivity index (χ3n) is 3.50. The smallest absolute Gasteiger partial charge is 0.348 e. The lowest BCUT2D eigenvalue weighted by atomic mass is 9.72. The van der Waals surface area contributed by atoms with Crippen LogP contribution in [0.15, 0.2) is 0 Å². The Morgan fingerprint density at radius 1 is 0.444 bits per heavy atom. The fraction of sp³-hybridized carbons (Fsp3) is 1.00. The van der Waals surface area contributed by atoms with Gasteiger partial charge in [-0.1, -0.05) is 0 Å². The van der Waals surface area contributed by atoms with E-state index in [0.717, 1.165) is 0 Å². The van der Waals surface area contributed by atoms with E-state index in [1.807, 2.05) is 0 Å². The van der Waals surface area contributed by atoms with Gasteiger partial charge in [0.2, 0.25) is 5.60 Å². The van der Waals surface area contributed by atoms with E-state index in [-0.39, 0.29) is 0 Å². The molecule has 1 aliphatic rings. The summed E-state index contributed by atoms with van der Waals surface area (Å²) in [4.78, 5) is 0. The molecule has 18 heteroatoms. The maximum atomic E-state index is 13.9. The molecule has 0 aromatic rings. The summed E-state index contributed by atoms with van der Waals surface area (Å²) in [6.07, 6.45) is -44.0. The van der Waals surface area contributed by atoms with Gasteiger partial charge in [0.15, 0.2) is 6.10 Å². The zero-order valence-electron chi connectivity index (χ0n) is 11.4. The van der Waals surface area contributed by atoms with E-state index < -0.39 is 53.9 Å². The van der Waals surface area contributed by atoms with Crippen molar-refractivity contribution in [2.24, 2.45) is 0 Å². The van der Waals surface area contributed by atoms with Gasteiger partial charge in [-0.25, -0.2) is 8.78 Å². The molecule has 162 valence electrons. The zero-order chi connectivity index (χ0) is 22.3. The Balaban J connectivity index is 4.10. The van der Waals surface area contributed by atoms with E-state index in [9.17, 15) is 74.6 Å². The van der Waals surface area contributed by atoms with Gasteiger partial charge in [0.1, 0.15) is 0 Å². The first-order valence-corrected chi connectivity index (χ1v) is 5.73. The average Bonchev–Trinajstić information content (AvgIpc) is 3.07. The quantitative estimate of drug-likeness (QED) is 0.410. The monoisotopic (exact) mass is 448 g/mol. The van der Waals surface area contributed by atoms with Gasteiger partial charge in [-0.2, -0.15) is 65.9 Å². The zero-order valence-corrected chi connectivity index (χ0v) is 11.4. The molecule has 0 amide bonds. The van der Waals surface area contributed by atoms with Crippen molar-refractivity contribution in [1.29, 1.82) is 0 Å². The summed E-state index contributed by atoms with van der Waals surface area (Å²) in [6, 6.07) is 0. The lowest BCUT2D eigenvalue weighted by molar-refractivity contribution is -0.420. The van der Waals surface area contributed by atoms with Crippen LogP contribution in [-0.2, 0) is 4.74 Å². The Hall–Kier alpha value is -1.23. The maximum absolute atomic E-state index is 13.9. The second-order valence-corrected chi connectivity index (χ2v) is 5.08. The van der Waals surface area contributed by atoms with Crippen LogP contribution in [0.25, 0.3) is 0 Å². The van der Waals surface area contributed by atoms with Gasteiger partial charge in [0.05, 0.1) is 0 Å². The number of alkyl halides is 17. The first-order chi connectivity index (χ1) is 11.3. The van der Waals surface area contributed by atoms with Crippen molar-refractivity contribution in [2.45, 2.75) is 53.9 Å². The second-order valence-electron chi connectivity index (χ2n) is 5.08. The molecular formula is C9HF17O. The standard InChI is InChI=1S/C9HF17O/c10-3(11,12)1-2(27-1,4(13,6(15,16)17)7(18,19)20)5(14,8(21,22)23)9(24,25)26/h1H. The molecule has 0 aromatic carbocycles. The molecule has 1 nitrogen and oxygen atoms in total. The first kappa shape index (κ1) is 23.8. The maximum Gasteiger partial charge on any atom is 0.434 e. The van der Waals surface area contributed by atoms with Crippen molar-refractivity contribution in [3.05, 3.63) is 0 Å². The Morgan fingerprint density at radius 3 is 0.778 bits per heavy atom. The summed E-state index contributed by atoms with van der Waals surface area (Å²) in [6.45, 7) is 0. The highest BCUT2D eigenvalue weighted by Gasteiger charge is 3.05. The summed E-state index contributed by atoms with van der Waals surface area (Å²) in [5.74, 6) is 0. The molecule has 0 aromatic heterocycles. The molecule has 0 radical (unpaired) electrons. The molecule has 1 rings (SSSR count). The largest absolute Gasteiger partial charge is 0.434 e. The molecule has 1 heterocycles. The van der Waals surface area contributed by atoms with Gasteiger partial charge in [-0.15, -0.1) is 0 Å². The van der Waals surface area contributed by atoms with Gasteiger partial charge in [0.25, 0.3) is 0 Å². The molecule has 0 bridgehead atoms. The Bertz CT molecular complexity index is 504. The third-order valence-corrected chi connectivity index (χ3v) is 3.50. The molecule has 0 aliphatic carbocycles. The van der Waals surface area contributed by atoms with Crippen LogP contribution >= 0.6 is 0 Å². The van der Waals surface area contributed by atoms with E-state index in [1.165, 1.54) is 0 Å². The highest BCUT2D eigenvalue weighted by Crippen LogP contribution is 2.73. The van der Waals surface area contributed by atoms with E-state index in [0.29, 0.717) is 0 Å². The first-order valence-electron chi connectivity index (χ1n) is 5.73. The van der Waals surface area contributed by atoms with Crippen LogP contribution in [0.3, 0.4) is 0 Å². The van der Waals surface area contributed by atoms with E-state index >= 15 is 0 Å². The van der Waals surface area contributed by atoms with Crippen molar-refractivity contribution in [1.82, 2.24) is 0 Å². The lowest BCUT2D eigenvalue weighted by Gasteiger charge is -2.43. The Morgan fingerprint density at radius 2 is 0.667 bits per heavy atom. The number of hydrogen-bond donors (Lipinski definition) is 0. The molecule has 0 N–H and O–H groups in total. The van der Waals surface area contributed by atoms with Gasteiger partial charge < -0.3 is 4.74 Å². The van der Waals surface area contributed by atoms with Gasteiger partial charge in [-0.3, -0.25) is 0 Å². The SMILES string of the molecule is FC(F)(F)C1OC1(C(F)(C(F)(F)F)C(F)(F)F)C(F)(C(F)(F)F)C(F)(F)F. The molecule has 1 saturated heterocycles. The van der Waals surface area contributed by atoms with Crippen molar-refractivity contribution >= 4 is 0 Å². The number of hydrogen-bond acceptors (Lipinski definition) is 1. The highest BCUT2D eigenvalue weighted by atomic mass is 19.4. The topological polar surface area (TPSA) is 12.5 Å². The molecule has 0 spiro atoms. The van der Waals surface area contributed by atoms with Crippen molar-refractivity contribution in [3.63, 3.8) is 0 Å². The number of halogens is 17. The Kier molecular flexibility index (Phi) is 4.79. The Labute approximate surface area is 135 Å². The van der Waals surface area contributed by atoms with Gasteiger partial charge in [-0.05, 0) is 0 Å². The molecule has 0 saturated carbocycles. The van der Waals surface area contributed by atoms with Crippen molar-refractivity contribution in [2.75, 3.05) is 0 Å². The van der Waals surface area contributed by atoms with Crippen LogP contribution in [0.4, 0.5) is 74.6 Å². The van der Waals surface area contributed by atoms with Crippen LogP contribution in [0.2, 0.25) is 0 Å². The lowest BCUT2D eigenvalue weighted by Crippen LogP contribution is -2.77. The molecule has 27 heavy (non-hydrogen) atoms. The predicted octanol–water partition coefficient (Wildman–Crippen LogP) is 5.35. The number of ether oxygens (including phenoxy) is 1. The predicted molar refractivity (Wildman–Crippen MR) is 45.6 cm³/mol. The minimum atomic E-state index is -8.05. The highest BCUT2D eigenvalue weighted by molar-refractivity contribution is 5.34. The average molecular weight is 448 g/mol. The molecule has 1 unspecified atom stereocenters. The third kappa shape index (κ3) is 2.80. The van der Waals surface area contributed by atoms with Crippen LogP contribution in [0, 0.1) is 0 Å². The van der Waals surface area contributed by atoms with Gasteiger partial charge in [0, 0.05) is 0 Å². The summed E-state index contributed by atoms with van der Waals surface area (Å²) in [7, 11) is 0. The number of rotatable bonds is 2. The number of epoxide rings is 1. The van der Waals surface area contributed by atoms with Crippen LogP contribution in [-0.4, -0.2) is 53.9 Å². The second kappa shape index (κ2) is 5.43. The van der Waals surface area contributed by atoms with Crippen LogP contribution in [0.1, 0.15) is 0 Å². The fourth-order valence-electron chi connectivity index (χ4n) is 2.37. The fourth-order valence-corrected chi connectivity index (χ4v) is 2.37. The van der Waals surface area contributed by atoms with E-state index in [4.69, 9.17) is 0 Å². The van der Waals surface area contributed by atoms with E-state index in [1.54, 1.807) is 0 Å². The summed E-state index contributed by atoms with van der Waals surface area (Å²) >= 11 is 0. The van der Waals surface area contributed by atoms with Crippen molar-refractivity contribution in [3.8, 4) is 0 Å². The van der Waals surface area contributed by atoms with E-state index in [2.05, 4.69) is 4.74 Å². The molecular weight excluding hydrogens is 447 g/mol. The minimum Gasteiger partial charge on any atom is -0.348 e. The molecule has 1 atom stereocenters. The minimum absolute atomic E-state index is 2.35. The summed E-state index contributed by atoms with van der Waals surface area (Å²) in [5, 5.41) is 0. The van der Waals surface area contributed by atoms with Gasteiger partial charge >= 0.3 is 42.2 Å². The summed E-state index contributed by atoms with van der Waals surface area (Å²) < 4.78 is 218. The van der Waals surface area contributed by atoms with Crippen LogP contribution < -0.4 is 0 Å².